The van der Waals surface area contributed by atoms with Crippen LogP contribution in [0.2, 0.25) is 5.02 Å². The third-order valence-corrected chi connectivity index (χ3v) is 7.13. The summed E-state index contributed by atoms with van der Waals surface area (Å²) >= 11 is 9.59. The maximum absolute atomic E-state index is 14.7. The molecule has 170 valence electrons. The molecule has 0 amide bonds. The fourth-order valence-corrected chi connectivity index (χ4v) is 5.45. The summed E-state index contributed by atoms with van der Waals surface area (Å²) in [6.07, 6.45) is 4.94. The molecule has 0 radical (unpaired) electrons. The molecule has 0 unspecified atom stereocenters. The molecule has 1 heterocycles. The summed E-state index contributed by atoms with van der Waals surface area (Å²) in [5.74, 6) is 0.0998. The minimum atomic E-state index is -0.581. The highest BCUT2D eigenvalue weighted by atomic mass is 79.9. The zero-order valence-electron chi connectivity index (χ0n) is 17.7. The minimum Gasteiger partial charge on any atom is -0.493 e. The van der Waals surface area contributed by atoms with Gasteiger partial charge in [0.05, 0.1) is 23.3 Å². The monoisotopic (exact) mass is 531 g/mol. The largest absolute Gasteiger partial charge is 0.493 e. The van der Waals surface area contributed by atoms with Gasteiger partial charge in [-0.15, -0.1) is 0 Å². The van der Waals surface area contributed by atoms with Crippen LogP contribution < -0.4 is 14.8 Å². The van der Waals surface area contributed by atoms with Gasteiger partial charge in [0.15, 0.2) is 11.5 Å². The van der Waals surface area contributed by atoms with Gasteiger partial charge in [0, 0.05) is 17.0 Å². The molecule has 0 aromatic heterocycles. The van der Waals surface area contributed by atoms with Crippen molar-refractivity contribution in [2.24, 2.45) is 5.92 Å². The van der Waals surface area contributed by atoms with Crippen LogP contribution in [0.4, 0.5) is 14.5 Å². The average molecular weight is 533 g/mol. The summed E-state index contributed by atoms with van der Waals surface area (Å²) < 4.78 is 41.0. The molecule has 1 aliphatic heterocycles. The van der Waals surface area contributed by atoms with Gasteiger partial charge in [-0.05, 0) is 75.3 Å². The molecular formula is C26H21BrClF2NO2. The highest BCUT2D eigenvalue weighted by Gasteiger charge is 2.39. The normalized spacial score (nSPS) is 20.7. The first-order valence-electron chi connectivity index (χ1n) is 10.6. The van der Waals surface area contributed by atoms with Gasteiger partial charge in [-0.1, -0.05) is 35.9 Å². The number of ether oxygens (including phenoxy) is 2. The highest BCUT2D eigenvalue weighted by Crippen LogP contribution is 2.52. The Morgan fingerprint density at radius 2 is 1.91 bits per heavy atom. The van der Waals surface area contributed by atoms with E-state index >= 15 is 0 Å². The fourth-order valence-electron chi connectivity index (χ4n) is 4.75. The molecule has 5 rings (SSSR count). The molecule has 0 saturated carbocycles. The van der Waals surface area contributed by atoms with E-state index in [0.717, 1.165) is 28.1 Å². The lowest BCUT2D eigenvalue weighted by atomic mass is 9.77. The predicted octanol–water partition coefficient (Wildman–Crippen LogP) is 7.79. The van der Waals surface area contributed by atoms with Gasteiger partial charge in [-0.25, -0.2) is 8.78 Å². The molecule has 7 heteroatoms. The maximum atomic E-state index is 14.7. The summed E-state index contributed by atoms with van der Waals surface area (Å²) in [6.45, 7) is 0.353. The number of hydrogen-bond acceptors (Lipinski definition) is 3. The van der Waals surface area contributed by atoms with Crippen molar-refractivity contribution in [3.8, 4) is 11.5 Å². The SMILES string of the molecule is COc1cc([C@@H]2Nc3c(F)cc(F)cc3[C@H]3C=CC[C@H]32)cc(Br)c1OCc1ccc(Cl)cc1. The number of benzene rings is 3. The van der Waals surface area contributed by atoms with Crippen molar-refractivity contribution in [1.29, 1.82) is 0 Å². The van der Waals surface area contributed by atoms with Crippen molar-refractivity contribution in [2.75, 3.05) is 12.4 Å². The van der Waals surface area contributed by atoms with Crippen molar-refractivity contribution >= 4 is 33.2 Å². The van der Waals surface area contributed by atoms with Crippen LogP contribution in [0.3, 0.4) is 0 Å². The first-order valence-corrected chi connectivity index (χ1v) is 11.8. The van der Waals surface area contributed by atoms with Crippen LogP contribution in [0.1, 0.15) is 35.1 Å². The Balaban J connectivity index is 1.47. The van der Waals surface area contributed by atoms with E-state index in [9.17, 15) is 8.78 Å². The van der Waals surface area contributed by atoms with Crippen LogP contribution in [0.15, 0.2) is 65.2 Å². The predicted molar refractivity (Wildman–Crippen MR) is 129 cm³/mol. The molecule has 0 bridgehead atoms. The molecule has 3 nitrogen and oxygen atoms in total. The third kappa shape index (κ3) is 4.22. The van der Waals surface area contributed by atoms with E-state index in [1.165, 1.54) is 6.07 Å². The van der Waals surface area contributed by atoms with Crippen LogP contribution in [0, 0.1) is 17.6 Å². The van der Waals surface area contributed by atoms with Crippen molar-refractivity contribution in [3.05, 3.63) is 98.5 Å². The van der Waals surface area contributed by atoms with E-state index in [0.29, 0.717) is 34.4 Å². The minimum absolute atomic E-state index is 0.0537. The Morgan fingerprint density at radius 3 is 2.67 bits per heavy atom. The second-order valence-corrected chi connectivity index (χ2v) is 9.57. The third-order valence-electron chi connectivity index (χ3n) is 6.29. The number of methoxy groups -OCH3 is 1. The lowest BCUT2D eigenvalue weighted by Gasteiger charge is -2.38. The van der Waals surface area contributed by atoms with Crippen molar-refractivity contribution < 1.29 is 18.3 Å². The average Bonchev–Trinajstić information content (AvgIpc) is 3.29. The van der Waals surface area contributed by atoms with Gasteiger partial charge >= 0.3 is 0 Å². The summed E-state index contributed by atoms with van der Waals surface area (Å²) in [5, 5.41) is 4.00. The van der Waals surface area contributed by atoms with E-state index < -0.39 is 11.6 Å². The summed E-state index contributed by atoms with van der Waals surface area (Å²) in [4.78, 5) is 0. The molecule has 33 heavy (non-hydrogen) atoms. The number of nitrogens with one attached hydrogen (secondary N) is 1. The van der Waals surface area contributed by atoms with E-state index in [1.807, 2.05) is 42.5 Å². The summed E-state index contributed by atoms with van der Waals surface area (Å²) in [7, 11) is 1.59. The molecule has 0 spiro atoms. The first-order chi connectivity index (χ1) is 15.9. The zero-order chi connectivity index (χ0) is 23.1. The summed E-state index contributed by atoms with van der Waals surface area (Å²) in [6, 6.07) is 13.5. The lowest BCUT2D eigenvalue weighted by molar-refractivity contribution is 0.282. The molecule has 3 aromatic rings. The van der Waals surface area contributed by atoms with Crippen LogP contribution in [-0.4, -0.2) is 7.11 Å². The molecule has 0 saturated heterocycles. The van der Waals surface area contributed by atoms with Gasteiger partial charge in [-0.3, -0.25) is 0 Å². The Kier molecular flexibility index (Phi) is 6.06. The van der Waals surface area contributed by atoms with Crippen LogP contribution >= 0.6 is 27.5 Å². The van der Waals surface area contributed by atoms with Crippen molar-refractivity contribution in [2.45, 2.75) is 25.0 Å². The lowest BCUT2D eigenvalue weighted by Crippen LogP contribution is -2.30. The molecule has 0 fully saturated rings. The Labute approximate surface area is 204 Å². The number of hydrogen-bond donors (Lipinski definition) is 1. The molecular weight excluding hydrogens is 512 g/mol. The Hall–Kier alpha value is -2.57. The van der Waals surface area contributed by atoms with E-state index in [-0.39, 0.29) is 17.9 Å². The Morgan fingerprint density at radius 1 is 1.12 bits per heavy atom. The van der Waals surface area contributed by atoms with Gasteiger partial charge in [0.2, 0.25) is 0 Å². The first kappa shape index (κ1) is 22.2. The second kappa shape index (κ2) is 8.99. The second-order valence-electron chi connectivity index (χ2n) is 8.28. The van der Waals surface area contributed by atoms with Crippen LogP contribution in [-0.2, 0) is 6.61 Å². The zero-order valence-corrected chi connectivity index (χ0v) is 20.1. The van der Waals surface area contributed by atoms with E-state index in [2.05, 4.69) is 27.3 Å². The van der Waals surface area contributed by atoms with Gasteiger partial charge in [0.25, 0.3) is 0 Å². The van der Waals surface area contributed by atoms with Gasteiger partial charge < -0.3 is 14.8 Å². The number of halogens is 4. The van der Waals surface area contributed by atoms with E-state index in [1.54, 1.807) is 7.11 Å². The number of anilines is 1. The van der Waals surface area contributed by atoms with Crippen LogP contribution in [0.5, 0.6) is 11.5 Å². The molecule has 3 aromatic carbocycles. The topological polar surface area (TPSA) is 30.5 Å². The van der Waals surface area contributed by atoms with Gasteiger partial charge in [-0.2, -0.15) is 0 Å². The fraction of sp³-hybridized carbons (Fsp3) is 0.231. The molecule has 3 atom stereocenters. The molecule has 2 aliphatic rings. The summed E-state index contributed by atoms with van der Waals surface area (Å²) in [5.41, 5.74) is 2.93. The highest BCUT2D eigenvalue weighted by molar-refractivity contribution is 9.10. The molecule has 1 aliphatic carbocycles. The van der Waals surface area contributed by atoms with E-state index in [4.69, 9.17) is 21.1 Å². The number of allylic oxidation sites excluding steroid dienone is 2. The quantitative estimate of drug-likeness (QED) is 0.340. The maximum Gasteiger partial charge on any atom is 0.175 e. The Bertz CT molecular complexity index is 1230. The number of rotatable bonds is 5. The molecule has 1 N–H and O–H groups in total. The van der Waals surface area contributed by atoms with Gasteiger partial charge in [0.1, 0.15) is 18.2 Å². The van der Waals surface area contributed by atoms with Crippen molar-refractivity contribution in [1.82, 2.24) is 0 Å². The smallest absolute Gasteiger partial charge is 0.175 e. The number of fused-ring (bicyclic) bond motifs is 3. The standard InChI is InChI=1S/C26H21BrClF2NO2/c1-32-23-10-15(9-21(27)26(23)33-13-14-5-7-16(28)8-6-14)24-19-4-2-3-18(19)20-11-17(29)12-22(30)25(20)31-24/h2-3,5-12,18-19,24,31H,4,13H2,1H3/t18-,19+,24-/m0/s1. The van der Waals surface area contributed by atoms with Crippen LogP contribution in [0.25, 0.3) is 0 Å². The van der Waals surface area contributed by atoms with Crippen molar-refractivity contribution in [3.63, 3.8) is 0 Å².